The average Bonchev–Trinajstić information content (AvgIpc) is 2.94. The number of nitrogens with zero attached hydrogens (tertiary/aromatic N) is 2. The Bertz CT molecular complexity index is 626. The van der Waals surface area contributed by atoms with E-state index in [1.165, 1.54) is 0 Å². The fourth-order valence-electron chi connectivity index (χ4n) is 2.30. The van der Waals surface area contributed by atoms with Crippen LogP contribution < -0.4 is 15.2 Å². The number of aromatic nitrogens is 2. The number of halogens is 1. The Morgan fingerprint density at radius 3 is 2.57 bits per heavy atom. The molecule has 0 atom stereocenters. The summed E-state index contributed by atoms with van der Waals surface area (Å²) in [5, 5.41) is 4.01. The third kappa shape index (κ3) is 2.69. The van der Waals surface area contributed by atoms with Crippen LogP contribution in [0.1, 0.15) is 25.1 Å². The van der Waals surface area contributed by atoms with Gasteiger partial charge in [0.05, 0.1) is 25.3 Å². The SMILES string of the molecule is COc1ccc(OC)c(-c2nc(C3(N)CCC3)no2)c1.Cl. The molecule has 1 heterocycles. The Kier molecular flexibility index (Phi) is 4.39. The van der Waals surface area contributed by atoms with Crippen LogP contribution in [0.4, 0.5) is 0 Å². The predicted octanol–water partition coefficient (Wildman–Crippen LogP) is 2.51. The summed E-state index contributed by atoms with van der Waals surface area (Å²) < 4.78 is 15.9. The van der Waals surface area contributed by atoms with Gasteiger partial charge in [0.15, 0.2) is 5.82 Å². The Hall–Kier alpha value is -1.79. The molecule has 114 valence electrons. The lowest BCUT2D eigenvalue weighted by Crippen LogP contribution is -2.44. The first-order chi connectivity index (χ1) is 9.66. The van der Waals surface area contributed by atoms with Gasteiger partial charge < -0.3 is 19.7 Å². The minimum atomic E-state index is -0.437. The number of rotatable bonds is 4. The number of ether oxygens (including phenoxy) is 2. The van der Waals surface area contributed by atoms with Crippen molar-refractivity contribution in [3.8, 4) is 23.0 Å². The first kappa shape index (κ1) is 15.6. The number of methoxy groups -OCH3 is 2. The first-order valence-electron chi connectivity index (χ1n) is 6.52. The zero-order chi connectivity index (χ0) is 14.2. The van der Waals surface area contributed by atoms with Crippen LogP contribution in [0.25, 0.3) is 11.5 Å². The summed E-state index contributed by atoms with van der Waals surface area (Å²) in [4.78, 5) is 4.42. The van der Waals surface area contributed by atoms with Gasteiger partial charge >= 0.3 is 0 Å². The highest BCUT2D eigenvalue weighted by Crippen LogP contribution is 2.39. The van der Waals surface area contributed by atoms with Gasteiger partial charge in [-0.3, -0.25) is 0 Å². The quantitative estimate of drug-likeness (QED) is 0.934. The maximum absolute atomic E-state index is 6.20. The van der Waals surface area contributed by atoms with Gasteiger partial charge in [0.25, 0.3) is 5.89 Å². The van der Waals surface area contributed by atoms with Gasteiger partial charge in [-0.2, -0.15) is 4.98 Å². The van der Waals surface area contributed by atoms with Crippen LogP contribution in [0.3, 0.4) is 0 Å². The normalized spacial score (nSPS) is 15.8. The summed E-state index contributed by atoms with van der Waals surface area (Å²) in [5.74, 6) is 2.31. The van der Waals surface area contributed by atoms with Gasteiger partial charge in [0.2, 0.25) is 0 Å². The summed E-state index contributed by atoms with van der Waals surface area (Å²) in [6, 6.07) is 5.43. The molecule has 1 aromatic heterocycles. The van der Waals surface area contributed by atoms with Gasteiger partial charge in [-0.05, 0) is 37.5 Å². The fraction of sp³-hybridized carbons (Fsp3) is 0.429. The van der Waals surface area contributed by atoms with Crippen molar-refractivity contribution in [2.75, 3.05) is 14.2 Å². The van der Waals surface area contributed by atoms with Crippen LogP contribution in [-0.2, 0) is 5.54 Å². The second-order valence-corrected chi connectivity index (χ2v) is 5.00. The van der Waals surface area contributed by atoms with Crippen molar-refractivity contribution in [3.63, 3.8) is 0 Å². The van der Waals surface area contributed by atoms with Crippen molar-refractivity contribution < 1.29 is 14.0 Å². The maximum atomic E-state index is 6.20. The molecule has 0 bridgehead atoms. The summed E-state index contributed by atoms with van der Waals surface area (Å²) in [6.45, 7) is 0. The molecule has 21 heavy (non-hydrogen) atoms. The summed E-state index contributed by atoms with van der Waals surface area (Å²) >= 11 is 0. The van der Waals surface area contributed by atoms with Gasteiger partial charge in [0.1, 0.15) is 11.5 Å². The molecule has 0 amide bonds. The smallest absolute Gasteiger partial charge is 0.261 e. The Morgan fingerprint density at radius 1 is 1.24 bits per heavy atom. The third-order valence-electron chi connectivity index (χ3n) is 3.75. The molecule has 0 aliphatic heterocycles. The Morgan fingerprint density at radius 2 is 2.00 bits per heavy atom. The van der Waals surface area contributed by atoms with Gasteiger partial charge in [0, 0.05) is 0 Å². The molecule has 2 N–H and O–H groups in total. The highest BCUT2D eigenvalue weighted by atomic mass is 35.5. The van der Waals surface area contributed by atoms with Crippen LogP contribution in [0.5, 0.6) is 11.5 Å². The molecule has 1 saturated carbocycles. The molecule has 1 aliphatic rings. The minimum absolute atomic E-state index is 0. The third-order valence-corrected chi connectivity index (χ3v) is 3.75. The minimum Gasteiger partial charge on any atom is -0.497 e. The van der Waals surface area contributed by atoms with Crippen LogP contribution >= 0.6 is 12.4 Å². The molecule has 0 spiro atoms. The van der Waals surface area contributed by atoms with Crippen molar-refractivity contribution in [2.24, 2.45) is 5.73 Å². The van der Waals surface area contributed by atoms with E-state index in [1.54, 1.807) is 26.4 Å². The van der Waals surface area contributed by atoms with Crippen molar-refractivity contribution in [2.45, 2.75) is 24.8 Å². The van der Waals surface area contributed by atoms with E-state index in [-0.39, 0.29) is 12.4 Å². The first-order valence-corrected chi connectivity index (χ1v) is 6.52. The predicted molar refractivity (Wildman–Crippen MR) is 79.8 cm³/mol. The molecule has 1 aromatic carbocycles. The summed E-state index contributed by atoms with van der Waals surface area (Å²) in [6.07, 6.45) is 2.88. The lowest BCUT2D eigenvalue weighted by atomic mass is 9.77. The van der Waals surface area contributed by atoms with Gasteiger partial charge in [-0.1, -0.05) is 5.16 Å². The molecule has 0 saturated heterocycles. The van der Waals surface area contributed by atoms with Crippen LogP contribution in [0, 0.1) is 0 Å². The standard InChI is InChI=1S/C14H17N3O3.ClH/c1-18-9-4-5-11(19-2)10(8-9)12-16-13(17-20-12)14(15)6-3-7-14;/h4-5,8H,3,6-7,15H2,1-2H3;1H. The molecular weight excluding hydrogens is 294 g/mol. The monoisotopic (exact) mass is 311 g/mol. The molecule has 0 unspecified atom stereocenters. The van der Waals surface area contributed by atoms with E-state index in [1.807, 2.05) is 6.07 Å². The largest absolute Gasteiger partial charge is 0.497 e. The number of benzene rings is 1. The lowest BCUT2D eigenvalue weighted by molar-refractivity contribution is 0.229. The topological polar surface area (TPSA) is 83.4 Å². The second kappa shape index (κ2) is 5.91. The highest BCUT2D eigenvalue weighted by Gasteiger charge is 2.39. The zero-order valence-electron chi connectivity index (χ0n) is 12.0. The van der Waals surface area contributed by atoms with E-state index in [9.17, 15) is 0 Å². The van der Waals surface area contributed by atoms with Crippen molar-refractivity contribution in [3.05, 3.63) is 24.0 Å². The number of hydrogen-bond acceptors (Lipinski definition) is 6. The van der Waals surface area contributed by atoms with Gasteiger partial charge in [-0.25, -0.2) is 0 Å². The Labute approximate surface area is 129 Å². The van der Waals surface area contributed by atoms with Crippen molar-refractivity contribution >= 4 is 12.4 Å². The zero-order valence-corrected chi connectivity index (χ0v) is 12.8. The van der Waals surface area contributed by atoms with E-state index in [0.717, 1.165) is 19.3 Å². The van der Waals surface area contributed by atoms with Gasteiger partial charge in [-0.15, -0.1) is 12.4 Å². The molecular formula is C14H18ClN3O3. The lowest BCUT2D eigenvalue weighted by Gasteiger charge is -2.34. The number of hydrogen-bond donors (Lipinski definition) is 1. The van der Waals surface area contributed by atoms with E-state index in [4.69, 9.17) is 19.7 Å². The molecule has 6 nitrogen and oxygen atoms in total. The second-order valence-electron chi connectivity index (χ2n) is 5.00. The van der Waals surface area contributed by atoms with Crippen LogP contribution in [0.2, 0.25) is 0 Å². The van der Waals surface area contributed by atoms with Crippen molar-refractivity contribution in [1.29, 1.82) is 0 Å². The van der Waals surface area contributed by atoms with Crippen molar-refractivity contribution in [1.82, 2.24) is 10.1 Å². The number of nitrogens with two attached hydrogens (primary N) is 1. The van der Waals surface area contributed by atoms with E-state index in [0.29, 0.717) is 28.8 Å². The molecule has 0 radical (unpaired) electrons. The fourth-order valence-corrected chi connectivity index (χ4v) is 2.30. The molecule has 7 heteroatoms. The maximum Gasteiger partial charge on any atom is 0.261 e. The van der Waals surface area contributed by atoms with E-state index in [2.05, 4.69) is 10.1 Å². The molecule has 3 rings (SSSR count). The van der Waals surface area contributed by atoms with E-state index < -0.39 is 5.54 Å². The average molecular weight is 312 g/mol. The van der Waals surface area contributed by atoms with Crippen LogP contribution in [0.15, 0.2) is 22.7 Å². The summed E-state index contributed by atoms with van der Waals surface area (Å²) in [7, 11) is 3.20. The molecule has 2 aromatic rings. The van der Waals surface area contributed by atoms with Crippen LogP contribution in [-0.4, -0.2) is 24.4 Å². The molecule has 1 aliphatic carbocycles. The Balaban J connectivity index is 0.00000161. The molecule has 1 fully saturated rings. The highest BCUT2D eigenvalue weighted by molar-refractivity contribution is 5.85. The van der Waals surface area contributed by atoms with E-state index >= 15 is 0 Å². The summed E-state index contributed by atoms with van der Waals surface area (Å²) in [5.41, 5.74) is 6.47.